The molecular weight excluding hydrogens is 218 g/mol. The number of nitrogens with zero attached hydrogens (tertiary/aromatic N) is 1. The van der Waals surface area contributed by atoms with Crippen LogP contribution in [-0.2, 0) is 0 Å². The van der Waals surface area contributed by atoms with Gasteiger partial charge in [0.2, 0.25) is 0 Å². The number of aliphatic hydroxyl groups is 1. The van der Waals surface area contributed by atoms with Crippen molar-refractivity contribution in [1.82, 2.24) is 4.90 Å². The molecule has 0 aromatic heterocycles. The highest BCUT2D eigenvalue weighted by Crippen LogP contribution is 2.14. The molecule has 0 fully saturated rings. The van der Waals surface area contributed by atoms with E-state index in [2.05, 4.69) is 0 Å². The normalized spacial score (nSPS) is 11.8. The molecule has 0 spiro atoms. The maximum Gasteiger partial charge on any atom is 0.176 e. The van der Waals surface area contributed by atoms with Crippen LogP contribution in [0.25, 0.3) is 0 Å². The monoisotopic (exact) mass is 237 g/mol. The van der Waals surface area contributed by atoms with Crippen LogP contribution in [-0.4, -0.2) is 46.6 Å². The van der Waals surface area contributed by atoms with E-state index in [0.29, 0.717) is 5.56 Å². The van der Waals surface area contributed by atoms with Crippen molar-refractivity contribution in [2.75, 3.05) is 20.2 Å². The molecule has 94 valence electrons. The number of phenols is 1. The highest BCUT2D eigenvalue weighted by molar-refractivity contribution is 5.97. The number of aromatic hydroxyl groups is 1. The van der Waals surface area contributed by atoms with Crippen LogP contribution in [0.5, 0.6) is 5.75 Å². The van der Waals surface area contributed by atoms with Crippen LogP contribution >= 0.6 is 0 Å². The highest BCUT2D eigenvalue weighted by atomic mass is 16.3. The number of hydrogen-bond acceptors (Lipinski definition) is 4. The minimum Gasteiger partial charge on any atom is -0.508 e. The molecule has 0 saturated heterocycles. The summed E-state index contributed by atoms with van der Waals surface area (Å²) in [6.45, 7) is 3.97. The molecule has 1 aromatic rings. The molecule has 2 N–H and O–H groups in total. The number of aliphatic hydroxyl groups excluding tert-OH is 1. The third-order valence-electron chi connectivity index (χ3n) is 2.99. The Morgan fingerprint density at radius 3 is 2.29 bits per heavy atom. The molecule has 0 unspecified atom stereocenters. The van der Waals surface area contributed by atoms with E-state index in [9.17, 15) is 9.90 Å². The Morgan fingerprint density at radius 1 is 1.29 bits per heavy atom. The molecule has 0 aliphatic heterocycles. The zero-order valence-electron chi connectivity index (χ0n) is 10.5. The predicted molar refractivity (Wildman–Crippen MR) is 66.2 cm³/mol. The Labute approximate surface area is 101 Å². The van der Waals surface area contributed by atoms with Gasteiger partial charge in [0.1, 0.15) is 5.75 Å². The first-order valence-corrected chi connectivity index (χ1v) is 5.51. The van der Waals surface area contributed by atoms with Crippen molar-refractivity contribution in [2.24, 2.45) is 0 Å². The van der Waals surface area contributed by atoms with Gasteiger partial charge >= 0.3 is 0 Å². The third kappa shape index (κ3) is 3.54. The molecule has 0 atom stereocenters. The van der Waals surface area contributed by atoms with E-state index in [-0.39, 0.29) is 24.7 Å². The van der Waals surface area contributed by atoms with Crippen molar-refractivity contribution in [3.05, 3.63) is 29.8 Å². The van der Waals surface area contributed by atoms with E-state index in [0.717, 1.165) is 0 Å². The highest BCUT2D eigenvalue weighted by Gasteiger charge is 2.24. The molecule has 0 saturated carbocycles. The lowest BCUT2D eigenvalue weighted by atomic mass is 10.0. The van der Waals surface area contributed by atoms with E-state index in [4.69, 9.17) is 5.11 Å². The summed E-state index contributed by atoms with van der Waals surface area (Å²) < 4.78 is 0. The second-order valence-electron chi connectivity index (χ2n) is 4.80. The number of rotatable bonds is 5. The van der Waals surface area contributed by atoms with Crippen LogP contribution in [0.1, 0.15) is 24.2 Å². The average molecular weight is 237 g/mol. The summed E-state index contributed by atoms with van der Waals surface area (Å²) >= 11 is 0. The molecule has 0 amide bonds. The summed E-state index contributed by atoms with van der Waals surface area (Å²) in [5.41, 5.74) is 0.135. The van der Waals surface area contributed by atoms with E-state index in [1.165, 1.54) is 12.1 Å². The maximum atomic E-state index is 11.9. The molecule has 17 heavy (non-hydrogen) atoms. The fourth-order valence-electron chi connectivity index (χ4n) is 1.29. The van der Waals surface area contributed by atoms with Crippen molar-refractivity contribution in [3.8, 4) is 5.75 Å². The predicted octanol–water partition coefficient (Wildman–Crippen LogP) is 1.28. The van der Waals surface area contributed by atoms with Gasteiger partial charge in [-0.15, -0.1) is 0 Å². The van der Waals surface area contributed by atoms with Crippen LogP contribution in [0.15, 0.2) is 24.3 Å². The summed E-state index contributed by atoms with van der Waals surface area (Å²) in [6, 6.07) is 6.17. The Morgan fingerprint density at radius 2 is 1.82 bits per heavy atom. The van der Waals surface area contributed by atoms with Crippen LogP contribution in [0, 0.1) is 0 Å². The van der Waals surface area contributed by atoms with E-state index in [1.807, 2.05) is 18.7 Å². The number of phenolic OH excluding ortho intramolecular Hbond substituents is 1. The van der Waals surface area contributed by atoms with Gasteiger partial charge in [0, 0.05) is 11.1 Å². The molecule has 4 nitrogen and oxygen atoms in total. The van der Waals surface area contributed by atoms with Crippen LogP contribution in [0.2, 0.25) is 0 Å². The van der Waals surface area contributed by atoms with Gasteiger partial charge in [0.25, 0.3) is 0 Å². The number of ketones is 1. The SMILES string of the molecule is CN(CC(=O)c1ccc(O)cc1)C(C)(C)CO. The maximum absolute atomic E-state index is 11.9. The molecule has 0 aliphatic rings. The van der Waals surface area contributed by atoms with Gasteiger partial charge in [-0.25, -0.2) is 0 Å². The molecule has 0 bridgehead atoms. The quantitative estimate of drug-likeness (QED) is 0.757. The van der Waals surface area contributed by atoms with E-state index < -0.39 is 5.54 Å². The van der Waals surface area contributed by atoms with Gasteiger partial charge in [-0.2, -0.15) is 0 Å². The number of carbonyl (C=O) groups excluding carboxylic acids is 1. The van der Waals surface area contributed by atoms with Gasteiger partial charge in [0.05, 0.1) is 13.2 Å². The van der Waals surface area contributed by atoms with Crippen molar-refractivity contribution in [3.63, 3.8) is 0 Å². The Hall–Kier alpha value is -1.39. The zero-order valence-corrected chi connectivity index (χ0v) is 10.5. The fraction of sp³-hybridized carbons (Fsp3) is 0.462. The van der Waals surface area contributed by atoms with Gasteiger partial charge < -0.3 is 10.2 Å². The first kappa shape index (κ1) is 13.7. The first-order valence-electron chi connectivity index (χ1n) is 5.51. The summed E-state index contributed by atoms with van der Waals surface area (Å²) in [7, 11) is 1.80. The van der Waals surface area contributed by atoms with E-state index in [1.54, 1.807) is 19.2 Å². The van der Waals surface area contributed by atoms with Gasteiger partial charge in [-0.3, -0.25) is 9.69 Å². The number of Topliss-reactive ketones (excluding diaryl/α,β-unsaturated/α-hetero) is 1. The number of likely N-dealkylation sites (N-methyl/N-ethyl adjacent to an activating group) is 1. The minimum atomic E-state index is -0.424. The molecule has 0 aliphatic carbocycles. The Balaban J connectivity index is 2.70. The minimum absolute atomic E-state index is 0.00758. The molecule has 1 rings (SSSR count). The molecule has 0 radical (unpaired) electrons. The summed E-state index contributed by atoms with van der Waals surface area (Å²) in [5, 5.41) is 18.3. The van der Waals surface area contributed by atoms with Crippen LogP contribution < -0.4 is 0 Å². The molecular formula is C13H19NO3. The standard InChI is InChI=1S/C13H19NO3/c1-13(2,9-15)14(3)8-12(17)10-4-6-11(16)7-5-10/h4-7,15-16H,8-9H2,1-3H3. The van der Waals surface area contributed by atoms with Crippen LogP contribution in [0.3, 0.4) is 0 Å². The zero-order chi connectivity index (χ0) is 13.1. The molecule has 4 heteroatoms. The van der Waals surface area contributed by atoms with Crippen molar-refractivity contribution in [2.45, 2.75) is 19.4 Å². The van der Waals surface area contributed by atoms with Crippen molar-refractivity contribution < 1.29 is 15.0 Å². The Kier molecular flexibility index (Phi) is 4.26. The van der Waals surface area contributed by atoms with E-state index >= 15 is 0 Å². The van der Waals surface area contributed by atoms with Gasteiger partial charge in [-0.05, 0) is 45.2 Å². The summed E-state index contributed by atoms with van der Waals surface area (Å²) in [6.07, 6.45) is 0. The fourth-order valence-corrected chi connectivity index (χ4v) is 1.29. The first-order chi connectivity index (χ1) is 7.86. The average Bonchev–Trinajstić information content (AvgIpc) is 2.29. The van der Waals surface area contributed by atoms with Crippen LogP contribution in [0.4, 0.5) is 0 Å². The summed E-state index contributed by atoms with van der Waals surface area (Å²) in [4.78, 5) is 13.7. The topological polar surface area (TPSA) is 60.8 Å². The van der Waals surface area contributed by atoms with Gasteiger partial charge in [-0.1, -0.05) is 0 Å². The van der Waals surface area contributed by atoms with Crippen molar-refractivity contribution >= 4 is 5.78 Å². The largest absolute Gasteiger partial charge is 0.508 e. The summed E-state index contributed by atoms with van der Waals surface area (Å²) in [5.74, 6) is 0.111. The van der Waals surface area contributed by atoms with Crippen molar-refractivity contribution in [1.29, 1.82) is 0 Å². The van der Waals surface area contributed by atoms with Gasteiger partial charge in [0.15, 0.2) is 5.78 Å². The molecule has 0 heterocycles. The second-order valence-corrected chi connectivity index (χ2v) is 4.80. The smallest absolute Gasteiger partial charge is 0.176 e. The number of benzene rings is 1. The third-order valence-corrected chi connectivity index (χ3v) is 2.99. The lowest BCUT2D eigenvalue weighted by Crippen LogP contribution is -2.46. The molecule has 1 aromatic carbocycles. The lowest BCUT2D eigenvalue weighted by Gasteiger charge is -2.33. The number of hydrogen-bond donors (Lipinski definition) is 2. The Bertz CT molecular complexity index is 384. The lowest BCUT2D eigenvalue weighted by molar-refractivity contribution is 0.0659. The second kappa shape index (κ2) is 5.29. The number of carbonyl (C=O) groups is 1.